The molecule has 0 bridgehead atoms. The number of aromatic amines is 1. The lowest BCUT2D eigenvalue weighted by Gasteiger charge is -2.13. The van der Waals surface area contributed by atoms with Crippen molar-refractivity contribution in [3.05, 3.63) is 35.3 Å². The molecule has 0 saturated heterocycles. The second-order valence-electron chi connectivity index (χ2n) is 4.62. The molecule has 20 heavy (non-hydrogen) atoms. The van der Waals surface area contributed by atoms with Crippen LogP contribution in [0.1, 0.15) is 23.9 Å². The van der Waals surface area contributed by atoms with E-state index >= 15 is 0 Å². The Hall–Kier alpha value is -2.02. The summed E-state index contributed by atoms with van der Waals surface area (Å²) in [5, 5.41) is 0.0515. The Labute approximate surface area is 118 Å². The van der Waals surface area contributed by atoms with Crippen LogP contribution in [0.4, 0.5) is 11.4 Å². The van der Waals surface area contributed by atoms with Gasteiger partial charge < -0.3 is 10.7 Å². The molecule has 0 aliphatic carbocycles. The first-order valence-corrected chi connectivity index (χ1v) is 7.76. The number of rotatable bonds is 4. The van der Waals surface area contributed by atoms with Gasteiger partial charge in [-0.15, -0.1) is 0 Å². The summed E-state index contributed by atoms with van der Waals surface area (Å²) in [6.07, 6.45) is 1.96. The topological polar surface area (TPSA) is 101 Å². The summed E-state index contributed by atoms with van der Waals surface area (Å²) < 4.78 is 27.2. The predicted octanol–water partition coefficient (Wildman–Crippen LogP) is 1.97. The van der Waals surface area contributed by atoms with Crippen LogP contribution in [0, 0.1) is 13.8 Å². The van der Waals surface area contributed by atoms with Crippen molar-refractivity contribution in [2.45, 2.75) is 32.2 Å². The number of H-pyrrole nitrogens is 1. The van der Waals surface area contributed by atoms with Gasteiger partial charge >= 0.3 is 0 Å². The summed E-state index contributed by atoms with van der Waals surface area (Å²) in [4.78, 5) is 6.79. The lowest BCUT2D eigenvalue weighted by Crippen LogP contribution is -2.15. The lowest BCUT2D eigenvalue weighted by molar-refractivity contribution is 0.598. The van der Waals surface area contributed by atoms with Gasteiger partial charge in [-0.05, 0) is 31.0 Å². The molecule has 6 nitrogen and oxygen atoms in total. The number of sulfonamides is 1. The fourth-order valence-corrected chi connectivity index (χ4v) is 3.01. The molecule has 0 atom stereocenters. The molecule has 1 aromatic heterocycles. The van der Waals surface area contributed by atoms with Crippen molar-refractivity contribution < 1.29 is 8.42 Å². The van der Waals surface area contributed by atoms with Crippen LogP contribution >= 0.6 is 0 Å². The molecule has 108 valence electrons. The first kappa shape index (κ1) is 14.4. The number of benzene rings is 1. The van der Waals surface area contributed by atoms with Crippen molar-refractivity contribution >= 4 is 21.4 Å². The Kier molecular flexibility index (Phi) is 3.71. The van der Waals surface area contributed by atoms with Gasteiger partial charge in [0, 0.05) is 12.1 Å². The van der Waals surface area contributed by atoms with Crippen LogP contribution in [0.2, 0.25) is 0 Å². The fraction of sp³-hybridized carbons (Fsp3) is 0.308. The zero-order chi connectivity index (χ0) is 14.9. The van der Waals surface area contributed by atoms with E-state index in [0.717, 1.165) is 5.56 Å². The highest BCUT2D eigenvalue weighted by Crippen LogP contribution is 2.27. The van der Waals surface area contributed by atoms with E-state index in [9.17, 15) is 8.42 Å². The summed E-state index contributed by atoms with van der Waals surface area (Å²) in [7, 11) is -3.69. The Bertz CT molecular complexity index is 735. The van der Waals surface area contributed by atoms with E-state index in [0.29, 0.717) is 29.2 Å². The van der Waals surface area contributed by atoms with Gasteiger partial charge in [0.15, 0.2) is 5.03 Å². The van der Waals surface area contributed by atoms with Crippen LogP contribution in [-0.4, -0.2) is 18.4 Å². The zero-order valence-corrected chi connectivity index (χ0v) is 12.5. The fourth-order valence-electron chi connectivity index (χ4n) is 1.87. The third-order valence-electron chi connectivity index (χ3n) is 3.18. The van der Waals surface area contributed by atoms with E-state index in [4.69, 9.17) is 5.73 Å². The van der Waals surface area contributed by atoms with E-state index in [1.807, 2.05) is 13.8 Å². The third-order valence-corrected chi connectivity index (χ3v) is 4.44. The van der Waals surface area contributed by atoms with Gasteiger partial charge in [-0.3, -0.25) is 4.72 Å². The summed E-state index contributed by atoms with van der Waals surface area (Å²) in [6, 6.07) is 3.54. The minimum Gasteiger partial charge on any atom is -0.398 e. The molecule has 7 heteroatoms. The van der Waals surface area contributed by atoms with Gasteiger partial charge in [0.05, 0.1) is 11.9 Å². The summed E-state index contributed by atoms with van der Waals surface area (Å²) >= 11 is 0. The van der Waals surface area contributed by atoms with Crippen LogP contribution in [-0.2, 0) is 16.4 Å². The average molecular weight is 294 g/mol. The molecular weight excluding hydrogens is 276 g/mol. The maximum Gasteiger partial charge on any atom is 0.279 e. The van der Waals surface area contributed by atoms with Crippen molar-refractivity contribution in [2.75, 3.05) is 10.5 Å². The second kappa shape index (κ2) is 5.16. The van der Waals surface area contributed by atoms with E-state index in [1.165, 1.54) is 6.20 Å². The molecule has 0 saturated carbocycles. The van der Waals surface area contributed by atoms with Gasteiger partial charge in [-0.25, -0.2) is 4.98 Å². The second-order valence-corrected chi connectivity index (χ2v) is 6.28. The van der Waals surface area contributed by atoms with Crippen LogP contribution in [0.3, 0.4) is 0 Å². The summed E-state index contributed by atoms with van der Waals surface area (Å²) in [5.41, 5.74) is 8.40. The molecule has 0 aliphatic rings. The molecule has 2 rings (SSSR count). The minimum absolute atomic E-state index is 0.0515. The predicted molar refractivity (Wildman–Crippen MR) is 79.1 cm³/mol. The molecule has 0 spiro atoms. The van der Waals surface area contributed by atoms with E-state index in [-0.39, 0.29) is 5.03 Å². The van der Waals surface area contributed by atoms with Crippen LogP contribution in [0.5, 0.6) is 0 Å². The molecule has 0 fully saturated rings. The highest BCUT2D eigenvalue weighted by molar-refractivity contribution is 7.92. The summed E-state index contributed by atoms with van der Waals surface area (Å²) in [5.74, 6) is 0.631. The number of hydrogen-bond acceptors (Lipinski definition) is 4. The number of nitrogens with two attached hydrogens (primary N) is 1. The standard InChI is InChI=1S/C13H18N4O2S/c1-4-11-15-7-12(16-11)20(18,19)17-13-8(2)5-6-10(14)9(13)3/h5-7,17H,4,14H2,1-3H3,(H,15,16). The van der Waals surface area contributed by atoms with E-state index < -0.39 is 10.0 Å². The van der Waals surface area contributed by atoms with Crippen molar-refractivity contribution in [1.29, 1.82) is 0 Å². The molecular formula is C13H18N4O2S. The Morgan fingerprint density at radius 3 is 2.65 bits per heavy atom. The van der Waals surface area contributed by atoms with Gasteiger partial charge in [-0.2, -0.15) is 8.42 Å². The number of hydrogen-bond donors (Lipinski definition) is 3. The number of nitrogen functional groups attached to an aromatic ring is 1. The maximum atomic E-state index is 12.3. The van der Waals surface area contributed by atoms with Crippen LogP contribution < -0.4 is 10.5 Å². The third kappa shape index (κ3) is 2.62. The largest absolute Gasteiger partial charge is 0.398 e. The number of anilines is 2. The smallest absolute Gasteiger partial charge is 0.279 e. The Balaban J connectivity index is 2.41. The number of aromatic nitrogens is 2. The molecule has 4 N–H and O–H groups in total. The molecule has 0 amide bonds. The van der Waals surface area contributed by atoms with Crippen molar-refractivity contribution in [1.82, 2.24) is 9.97 Å². The molecule has 2 aromatic rings. The monoisotopic (exact) mass is 294 g/mol. The van der Waals surface area contributed by atoms with E-state index in [2.05, 4.69) is 14.7 Å². The van der Waals surface area contributed by atoms with Crippen LogP contribution in [0.15, 0.2) is 23.4 Å². The van der Waals surface area contributed by atoms with Gasteiger partial charge in [0.1, 0.15) is 5.82 Å². The highest BCUT2D eigenvalue weighted by atomic mass is 32.2. The number of aryl methyl sites for hydroxylation is 2. The first-order valence-electron chi connectivity index (χ1n) is 6.27. The first-order chi connectivity index (χ1) is 9.35. The van der Waals surface area contributed by atoms with Crippen LogP contribution in [0.25, 0.3) is 0 Å². The molecule has 0 radical (unpaired) electrons. The molecule has 0 aliphatic heterocycles. The Morgan fingerprint density at radius 1 is 1.35 bits per heavy atom. The molecule has 0 unspecified atom stereocenters. The van der Waals surface area contributed by atoms with Gasteiger partial charge in [-0.1, -0.05) is 13.0 Å². The number of imidazole rings is 1. The van der Waals surface area contributed by atoms with Gasteiger partial charge in [0.2, 0.25) is 0 Å². The molecule has 1 heterocycles. The number of nitrogens with one attached hydrogen (secondary N) is 2. The Morgan fingerprint density at radius 2 is 2.05 bits per heavy atom. The quantitative estimate of drug-likeness (QED) is 0.750. The summed E-state index contributed by atoms with van der Waals surface area (Å²) in [6.45, 7) is 5.51. The zero-order valence-electron chi connectivity index (χ0n) is 11.7. The van der Waals surface area contributed by atoms with E-state index in [1.54, 1.807) is 19.1 Å². The van der Waals surface area contributed by atoms with Crippen molar-refractivity contribution in [2.24, 2.45) is 0 Å². The maximum absolute atomic E-state index is 12.3. The van der Waals surface area contributed by atoms with Crippen molar-refractivity contribution in [3.8, 4) is 0 Å². The van der Waals surface area contributed by atoms with Crippen molar-refractivity contribution in [3.63, 3.8) is 0 Å². The SMILES string of the molecule is CCc1ncc(S(=O)(=O)Nc2c(C)ccc(N)c2C)[nH]1. The normalized spacial score (nSPS) is 11.6. The number of nitrogens with zero attached hydrogens (tertiary/aromatic N) is 1. The highest BCUT2D eigenvalue weighted by Gasteiger charge is 2.19. The lowest BCUT2D eigenvalue weighted by atomic mass is 10.1. The average Bonchev–Trinajstić information content (AvgIpc) is 2.89. The minimum atomic E-state index is -3.69. The van der Waals surface area contributed by atoms with Gasteiger partial charge in [0.25, 0.3) is 10.0 Å². The molecule has 1 aromatic carbocycles.